The van der Waals surface area contributed by atoms with E-state index in [-0.39, 0.29) is 18.5 Å². The van der Waals surface area contributed by atoms with Crippen LogP contribution in [0.25, 0.3) is 11.2 Å². The van der Waals surface area contributed by atoms with Crippen molar-refractivity contribution in [2.45, 2.75) is 119 Å². The maximum atomic E-state index is 13.6. The first kappa shape index (κ1) is 48.2. The molecule has 22 heteroatoms. The number of halogens is 1. The van der Waals surface area contributed by atoms with Crippen molar-refractivity contribution in [3.05, 3.63) is 22.9 Å². The molecule has 6 rings (SSSR count). The van der Waals surface area contributed by atoms with E-state index in [2.05, 4.69) is 56.9 Å². The average Bonchev–Trinajstić information content (AvgIpc) is 3.85. The molecule has 3 aliphatic rings. The number of carbonyl (C=O) groups is 3. The lowest BCUT2D eigenvalue weighted by molar-refractivity contribution is -0.319. The highest BCUT2D eigenvalue weighted by Crippen LogP contribution is 2.43. The second kappa shape index (κ2) is 21.5. The van der Waals surface area contributed by atoms with Gasteiger partial charge in [0.15, 0.2) is 33.6 Å². The first-order valence-corrected chi connectivity index (χ1v) is 21.9. The summed E-state index contributed by atoms with van der Waals surface area (Å²) in [5.74, 6) is -3.72. The van der Waals surface area contributed by atoms with Crippen molar-refractivity contribution in [1.82, 2.24) is 34.6 Å². The molecule has 0 aliphatic carbocycles. The molecule has 2 amide bonds. The number of carboxylic acids is 1. The molecule has 3 aliphatic heterocycles. The summed E-state index contributed by atoms with van der Waals surface area (Å²) in [4.78, 5) is 56.1. The minimum Gasteiger partial charge on any atom is -0.477 e. The zero-order chi connectivity index (χ0) is 44.6. The fraction of sp³-hybridized carbons (Fsp3) is 0.641. The molecule has 2 saturated heterocycles. The molecule has 0 spiro atoms. The zero-order valence-electron chi connectivity index (χ0n) is 34.9. The number of nitrogens with two attached hydrogens (primary N) is 1. The third-order valence-electron chi connectivity index (χ3n) is 11.1. The molecule has 1 aromatic carbocycles. The van der Waals surface area contributed by atoms with Gasteiger partial charge in [-0.25, -0.2) is 19.7 Å². The van der Waals surface area contributed by atoms with Crippen LogP contribution < -0.4 is 20.5 Å². The number of aliphatic hydroxyl groups is 4. The highest BCUT2D eigenvalue weighted by atomic mass is 79.9. The minimum absolute atomic E-state index is 0.142. The number of likely N-dealkylation sites (tertiary alicyclic amines) is 1. The number of fused-ring (bicyclic) bond motifs is 2. The normalized spacial score (nSPS) is 23.0. The van der Waals surface area contributed by atoms with Gasteiger partial charge in [-0.3, -0.25) is 9.59 Å². The molecule has 5 heterocycles. The third-order valence-corrected chi connectivity index (χ3v) is 13.1. The molecular formula is C39H57BrN8O12S. The number of carbonyl (C=O) groups excluding carboxylic acids is 2. The molecule has 20 nitrogen and oxygen atoms in total. The lowest BCUT2D eigenvalue weighted by Crippen LogP contribution is -2.68. The van der Waals surface area contributed by atoms with Gasteiger partial charge in [0.05, 0.1) is 18.8 Å². The molecule has 8 N–H and O–H groups in total. The molecule has 7 atom stereocenters. The Morgan fingerprint density at radius 1 is 1.11 bits per heavy atom. The summed E-state index contributed by atoms with van der Waals surface area (Å²) in [6, 6.07) is 2.36. The van der Waals surface area contributed by atoms with E-state index < -0.39 is 73.2 Å². The van der Waals surface area contributed by atoms with Gasteiger partial charge in [-0.05, 0) is 79.8 Å². The van der Waals surface area contributed by atoms with Crippen LogP contribution in [0.5, 0.6) is 11.5 Å². The smallest absolute Gasteiger partial charge is 0.364 e. The van der Waals surface area contributed by atoms with E-state index >= 15 is 0 Å². The van der Waals surface area contributed by atoms with Gasteiger partial charge in [-0.15, -0.1) is 0 Å². The molecule has 0 bridgehead atoms. The Bertz CT molecular complexity index is 1980. The SMILES string of the molecule is CC(=O)N[C@@H]1C(C(O)C(O)CO)OC(O[C@@H](C)C(=O)N2CCC(CCn3c(Sc4cc5c(cc4Br)OCO5)nc4c(N)ncnc43)CC2)(C(=O)O)C[C@@H]1O.CCN(CC)CC. The van der Waals surface area contributed by atoms with E-state index in [1.807, 2.05) is 16.7 Å². The molecular weight excluding hydrogens is 884 g/mol. The Hall–Kier alpha value is -3.87. The summed E-state index contributed by atoms with van der Waals surface area (Å²) in [6.07, 6.45) is -5.75. The summed E-state index contributed by atoms with van der Waals surface area (Å²) in [5.41, 5.74) is 7.24. The largest absolute Gasteiger partial charge is 0.477 e. The van der Waals surface area contributed by atoms with Crippen LogP contribution in [0, 0.1) is 5.92 Å². The number of ether oxygens (including phenoxy) is 4. The Kier molecular flexibility index (Phi) is 17.0. The van der Waals surface area contributed by atoms with Crippen molar-refractivity contribution in [2.24, 2.45) is 5.92 Å². The van der Waals surface area contributed by atoms with E-state index in [9.17, 15) is 39.9 Å². The number of aryl methyl sites for hydroxylation is 1. The second-order valence-corrected chi connectivity index (χ2v) is 16.9. The van der Waals surface area contributed by atoms with Crippen LogP contribution >= 0.6 is 27.7 Å². The number of amides is 2. The summed E-state index contributed by atoms with van der Waals surface area (Å²) >= 11 is 5.02. The predicted octanol–water partition coefficient (Wildman–Crippen LogP) is 1.58. The van der Waals surface area contributed by atoms with Crippen LogP contribution in [0.2, 0.25) is 0 Å². The molecule has 4 unspecified atom stereocenters. The number of rotatable bonds is 16. The lowest BCUT2D eigenvalue weighted by atomic mass is 9.88. The lowest BCUT2D eigenvalue weighted by Gasteiger charge is -2.47. The predicted molar refractivity (Wildman–Crippen MR) is 225 cm³/mol. The first-order valence-electron chi connectivity index (χ1n) is 20.3. The summed E-state index contributed by atoms with van der Waals surface area (Å²) < 4.78 is 25.3. The van der Waals surface area contributed by atoms with Gasteiger partial charge in [-0.1, -0.05) is 32.5 Å². The number of benzene rings is 1. The fourth-order valence-corrected chi connectivity index (χ4v) is 9.06. The van der Waals surface area contributed by atoms with Gasteiger partial charge in [0.2, 0.25) is 12.7 Å². The molecule has 0 saturated carbocycles. The van der Waals surface area contributed by atoms with E-state index in [0.29, 0.717) is 60.3 Å². The molecule has 61 heavy (non-hydrogen) atoms. The Morgan fingerprint density at radius 3 is 2.36 bits per heavy atom. The molecule has 3 aromatic rings. The highest BCUT2D eigenvalue weighted by Gasteiger charge is 2.57. The van der Waals surface area contributed by atoms with E-state index in [1.165, 1.54) is 44.6 Å². The van der Waals surface area contributed by atoms with Crippen molar-refractivity contribution >= 4 is 62.5 Å². The molecule has 338 valence electrons. The van der Waals surface area contributed by atoms with Gasteiger partial charge >= 0.3 is 5.97 Å². The second-order valence-electron chi connectivity index (χ2n) is 15.0. The van der Waals surface area contributed by atoms with Crippen LogP contribution in [0.3, 0.4) is 0 Å². The number of nitrogen functional groups attached to an aromatic ring is 1. The van der Waals surface area contributed by atoms with Gasteiger partial charge < -0.3 is 69.9 Å². The van der Waals surface area contributed by atoms with Crippen molar-refractivity contribution < 1.29 is 58.9 Å². The number of piperidine rings is 1. The standard InChI is InChI=1S/C33H42BrN7O12S.C6H15N/c1-15(52-33(31(48)49)11-19(44)24(38-16(2)43)27(53-33)26(46)20(45)12-42)30(47)40-6-3-17(4-7-40)5-8-41-29-25(28(35)36-13-37-29)39-32(41)54-23-10-22-21(9-18(23)34)50-14-51-22;1-4-7(5-2)6-3/h9-10,13,15,17,19-20,24,26-27,42,44-46H,3-8,11-12,14H2,1-2H3,(H,38,43)(H,48,49)(H2,35,36,37);4-6H2,1-3H3/t15-,19-,20?,24-,26?,27?,33?;/m0./s1. The third kappa shape index (κ3) is 11.4. The minimum atomic E-state index is -2.63. The highest BCUT2D eigenvalue weighted by molar-refractivity contribution is 9.10. The number of nitrogens with one attached hydrogen (secondary N) is 1. The number of nitrogens with zero attached hydrogens (tertiary/aromatic N) is 6. The number of anilines is 1. The van der Waals surface area contributed by atoms with Gasteiger partial charge in [-0.2, -0.15) is 0 Å². The molecule has 2 fully saturated rings. The van der Waals surface area contributed by atoms with Crippen LogP contribution in [0.1, 0.15) is 60.3 Å². The first-order chi connectivity index (χ1) is 29.1. The van der Waals surface area contributed by atoms with Gasteiger partial charge in [0.25, 0.3) is 11.7 Å². The quantitative estimate of drug-likeness (QED) is 0.107. The van der Waals surface area contributed by atoms with E-state index in [1.54, 1.807) is 4.90 Å². The summed E-state index contributed by atoms with van der Waals surface area (Å²) in [6.45, 7) is 13.1. The molecule has 2 aromatic heterocycles. The number of hydrogen-bond donors (Lipinski definition) is 7. The molecule has 0 radical (unpaired) electrons. The Morgan fingerprint density at radius 2 is 1.77 bits per heavy atom. The maximum absolute atomic E-state index is 13.6. The zero-order valence-corrected chi connectivity index (χ0v) is 37.3. The van der Waals surface area contributed by atoms with Crippen molar-refractivity contribution in [3.8, 4) is 11.5 Å². The average molecular weight is 942 g/mol. The number of aliphatic carboxylic acids is 1. The summed E-state index contributed by atoms with van der Waals surface area (Å²) in [5, 5.41) is 54.3. The number of aromatic nitrogens is 4. The van der Waals surface area contributed by atoms with Crippen LogP contribution in [-0.4, -0.2) is 161 Å². The van der Waals surface area contributed by atoms with E-state index in [4.69, 9.17) is 29.7 Å². The van der Waals surface area contributed by atoms with Crippen molar-refractivity contribution in [2.75, 3.05) is 51.9 Å². The summed E-state index contributed by atoms with van der Waals surface area (Å²) in [7, 11) is 0. The maximum Gasteiger partial charge on any atom is 0.364 e. The van der Waals surface area contributed by atoms with Crippen LogP contribution in [0.4, 0.5) is 5.82 Å². The van der Waals surface area contributed by atoms with E-state index in [0.717, 1.165) is 22.7 Å². The van der Waals surface area contributed by atoms with Gasteiger partial charge in [0.1, 0.15) is 30.7 Å². The van der Waals surface area contributed by atoms with Crippen LogP contribution in [-0.2, 0) is 30.4 Å². The van der Waals surface area contributed by atoms with Crippen LogP contribution in [0.15, 0.2) is 33.0 Å². The Balaban J connectivity index is 0.000000925. The topological polar surface area (TPSA) is 277 Å². The Labute approximate surface area is 366 Å². The fourth-order valence-electron chi connectivity index (χ4n) is 7.55. The monoisotopic (exact) mass is 940 g/mol. The number of imidazole rings is 1. The number of carboxylic acid groups (broad SMARTS) is 1. The van der Waals surface area contributed by atoms with Gasteiger partial charge in [0, 0.05) is 42.3 Å². The number of hydrogen-bond acceptors (Lipinski definition) is 17. The van der Waals surface area contributed by atoms with Crippen molar-refractivity contribution in [3.63, 3.8) is 0 Å². The van der Waals surface area contributed by atoms with Crippen molar-refractivity contribution in [1.29, 1.82) is 0 Å². The number of aliphatic hydroxyl groups excluding tert-OH is 4.